The van der Waals surface area contributed by atoms with Gasteiger partial charge in [-0.1, -0.05) is 31.9 Å². The normalized spacial score (nSPS) is 10.7. The van der Waals surface area contributed by atoms with Gasteiger partial charge in [0.2, 0.25) is 0 Å². The number of carbonyl (C=O) groups is 1. The number of fused-ring (bicyclic) bond motifs is 2. The highest BCUT2D eigenvalue weighted by Gasteiger charge is 2.06. The van der Waals surface area contributed by atoms with Crippen LogP contribution in [0.5, 0.6) is 0 Å². The molecule has 0 saturated heterocycles. The lowest BCUT2D eigenvalue weighted by Crippen LogP contribution is -2.00. The molecule has 0 atom stereocenters. The Morgan fingerprint density at radius 3 is 2.25 bits per heavy atom. The van der Waals surface area contributed by atoms with Crippen molar-refractivity contribution in [1.29, 1.82) is 0 Å². The Morgan fingerprint density at radius 2 is 1.61 bits per heavy atom. The topological polar surface area (TPSA) is 52.1 Å². The third-order valence-corrected chi connectivity index (χ3v) is 6.88. The fraction of sp³-hybridized carbons (Fsp3) is 0.250. The monoisotopic (exact) mass is 540 g/mol. The Hall–Kier alpha value is -1.35. The van der Waals surface area contributed by atoms with E-state index in [1.165, 1.54) is 16.5 Å². The van der Waals surface area contributed by atoms with Crippen LogP contribution in [0, 0.1) is 6.92 Å². The van der Waals surface area contributed by atoms with E-state index in [1.54, 1.807) is 22.7 Å². The van der Waals surface area contributed by atoms with Gasteiger partial charge < -0.3 is 4.74 Å². The van der Waals surface area contributed by atoms with Gasteiger partial charge in [-0.3, -0.25) is 4.79 Å². The van der Waals surface area contributed by atoms with Crippen molar-refractivity contribution in [2.75, 3.05) is 7.11 Å². The molecule has 2 aromatic heterocycles. The van der Waals surface area contributed by atoms with Gasteiger partial charge in [-0.05, 0) is 56.2 Å². The smallest absolute Gasteiger partial charge is 0.305 e. The summed E-state index contributed by atoms with van der Waals surface area (Å²) in [5.41, 5.74) is 2.10. The molecule has 4 nitrogen and oxygen atoms in total. The summed E-state index contributed by atoms with van der Waals surface area (Å²) in [7, 11) is 1.41. The number of ether oxygens (including phenoxy) is 1. The Bertz CT molecular complexity index is 1110. The molecule has 4 aromatic rings. The first-order chi connectivity index (χ1) is 13.4. The summed E-state index contributed by atoms with van der Waals surface area (Å²) in [4.78, 5) is 19.9. The van der Waals surface area contributed by atoms with Crippen LogP contribution in [-0.4, -0.2) is 23.0 Å². The number of benzene rings is 2. The van der Waals surface area contributed by atoms with E-state index < -0.39 is 0 Å². The lowest BCUT2D eigenvalue weighted by atomic mass is 10.2. The molecule has 146 valence electrons. The summed E-state index contributed by atoms with van der Waals surface area (Å²) in [5.74, 6) is -0.158. The minimum absolute atomic E-state index is 0.158. The van der Waals surface area contributed by atoms with E-state index >= 15 is 0 Å². The van der Waals surface area contributed by atoms with E-state index in [-0.39, 0.29) is 5.97 Å². The number of aryl methyl sites for hydroxylation is 2. The van der Waals surface area contributed by atoms with Crippen molar-refractivity contribution in [3.05, 3.63) is 55.4 Å². The first kappa shape index (κ1) is 21.4. The summed E-state index contributed by atoms with van der Waals surface area (Å²) in [6, 6.07) is 12.2. The molecule has 0 aliphatic heterocycles. The van der Waals surface area contributed by atoms with Gasteiger partial charge in [-0.15, -0.1) is 22.7 Å². The van der Waals surface area contributed by atoms with Crippen molar-refractivity contribution in [1.82, 2.24) is 9.97 Å². The van der Waals surface area contributed by atoms with E-state index in [4.69, 9.17) is 0 Å². The Morgan fingerprint density at radius 1 is 1.00 bits per heavy atom. The number of carbonyl (C=O) groups excluding carboxylic acids is 1. The molecule has 0 amide bonds. The number of thiazole rings is 2. The third-order valence-electron chi connectivity index (χ3n) is 3.85. The van der Waals surface area contributed by atoms with Crippen LogP contribution >= 0.6 is 54.5 Å². The molecule has 0 N–H and O–H groups in total. The zero-order valence-corrected chi connectivity index (χ0v) is 20.2. The molecule has 2 heterocycles. The van der Waals surface area contributed by atoms with Gasteiger partial charge in [0.25, 0.3) is 0 Å². The molecule has 0 spiro atoms. The van der Waals surface area contributed by atoms with E-state index in [9.17, 15) is 4.79 Å². The zero-order valence-electron chi connectivity index (χ0n) is 15.4. The number of esters is 1. The van der Waals surface area contributed by atoms with Gasteiger partial charge >= 0.3 is 5.97 Å². The molecular weight excluding hydrogens is 524 g/mol. The quantitative estimate of drug-likeness (QED) is 0.263. The van der Waals surface area contributed by atoms with Gasteiger partial charge in [0, 0.05) is 15.4 Å². The highest BCUT2D eigenvalue weighted by atomic mass is 79.9. The summed E-state index contributed by atoms with van der Waals surface area (Å²) in [5, 5.41) is 2.19. The van der Waals surface area contributed by atoms with E-state index in [0.29, 0.717) is 6.42 Å². The highest BCUT2D eigenvalue weighted by Crippen LogP contribution is 2.26. The summed E-state index contributed by atoms with van der Waals surface area (Å²) < 4.78 is 9.17. The molecule has 2 aromatic carbocycles. The number of aromatic nitrogens is 2. The summed E-state index contributed by atoms with van der Waals surface area (Å²) >= 11 is 10.2. The summed E-state index contributed by atoms with van der Waals surface area (Å²) in [6.45, 7) is 2.03. The van der Waals surface area contributed by atoms with Gasteiger partial charge in [0.1, 0.15) is 0 Å². The van der Waals surface area contributed by atoms with Gasteiger partial charge in [-0.25, -0.2) is 9.97 Å². The fourth-order valence-corrected chi connectivity index (χ4v) is 5.05. The van der Waals surface area contributed by atoms with Crippen molar-refractivity contribution in [2.45, 2.75) is 26.2 Å². The van der Waals surface area contributed by atoms with Crippen molar-refractivity contribution >= 4 is 80.9 Å². The number of halogens is 2. The van der Waals surface area contributed by atoms with E-state index in [2.05, 4.69) is 58.7 Å². The van der Waals surface area contributed by atoms with Gasteiger partial charge in [0.05, 0.1) is 37.6 Å². The van der Waals surface area contributed by atoms with Crippen LogP contribution in [-0.2, 0) is 16.0 Å². The average molecular weight is 542 g/mol. The molecule has 0 radical (unpaired) electrons. The van der Waals surface area contributed by atoms with Crippen LogP contribution in [0.1, 0.15) is 22.9 Å². The number of hydrogen-bond donors (Lipinski definition) is 0. The lowest BCUT2D eigenvalue weighted by Gasteiger charge is -1.96. The first-order valence-electron chi connectivity index (χ1n) is 8.59. The number of methoxy groups -OCH3 is 1. The molecule has 8 heteroatoms. The van der Waals surface area contributed by atoms with Crippen LogP contribution in [0.4, 0.5) is 0 Å². The van der Waals surface area contributed by atoms with Crippen LogP contribution in [0.3, 0.4) is 0 Å². The second kappa shape index (κ2) is 9.91. The third kappa shape index (κ3) is 5.83. The lowest BCUT2D eigenvalue weighted by molar-refractivity contribution is -0.140. The Balaban J connectivity index is 0.000000176. The maximum Gasteiger partial charge on any atom is 0.305 e. The van der Waals surface area contributed by atoms with Crippen LogP contribution < -0.4 is 0 Å². The standard InChI is InChI=1S/C12H12BrNO2S.C8H6BrNS/c1-16-12(15)4-2-3-11-14-9-7-8(13)5-6-10(9)17-11;1-5-10-7-4-6(9)2-3-8(7)11-5/h5-7H,2-4H2,1H3;2-4H,1H3. The van der Waals surface area contributed by atoms with Gasteiger partial charge in [0.15, 0.2) is 0 Å². The predicted molar refractivity (Wildman–Crippen MR) is 124 cm³/mol. The van der Waals surface area contributed by atoms with Crippen LogP contribution in [0.25, 0.3) is 20.4 Å². The fourth-order valence-electron chi connectivity index (χ4n) is 2.56. The number of hydrogen-bond acceptors (Lipinski definition) is 6. The molecule has 0 aliphatic rings. The van der Waals surface area contributed by atoms with Crippen LogP contribution in [0.2, 0.25) is 0 Å². The first-order valence-corrected chi connectivity index (χ1v) is 11.8. The molecular formula is C20H18Br2N2O2S2. The molecule has 0 saturated carbocycles. The van der Waals surface area contributed by atoms with Crippen molar-refractivity contribution < 1.29 is 9.53 Å². The largest absolute Gasteiger partial charge is 0.469 e. The molecule has 0 aliphatic carbocycles. The SMILES string of the molecule is COC(=O)CCCc1nc2cc(Br)ccc2s1.Cc1nc2cc(Br)ccc2s1. The van der Waals surface area contributed by atoms with Crippen molar-refractivity contribution in [3.8, 4) is 0 Å². The summed E-state index contributed by atoms with van der Waals surface area (Å²) in [6.07, 6.45) is 2.07. The Labute approximate surface area is 188 Å². The molecule has 0 unspecified atom stereocenters. The van der Waals surface area contributed by atoms with E-state index in [0.717, 1.165) is 42.8 Å². The molecule has 0 bridgehead atoms. The zero-order chi connectivity index (χ0) is 20.1. The highest BCUT2D eigenvalue weighted by molar-refractivity contribution is 9.10. The molecule has 28 heavy (non-hydrogen) atoms. The van der Waals surface area contributed by atoms with Gasteiger partial charge in [-0.2, -0.15) is 0 Å². The minimum atomic E-state index is -0.158. The Kier molecular flexibility index (Phi) is 7.56. The van der Waals surface area contributed by atoms with E-state index in [1.807, 2.05) is 31.2 Å². The second-order valence-electron chi connectivity index (χ2n) is 5.99. The average Bonchev–Trinajstić information content (AvgIpc) is 3.23. The molecule has 0 fully saturated rings. The maximum atomic E-state index is 11.0. The number of rotatable bonds is 4. The number of nitrogens with zero attached hydrogens (tertiary/aromatic N) is 2. The minimum Gasteiger partial charge on any atom is -0.469 e. The maximum absolute atomic E-state index is 11.0. The second-order valence-corrected chi connectivity index (χ2v) is 10.2. The van der Waals surface area contributed by atoms with Crippen molar-refractivity contribution in [3.63, 3.8) is 0 Å². The van der Waals surface area contributed by atoms with Crippen LogP contribution in [0.15, 0.2) is 45.3 Å². The predicted octanol–water partition coefficient (Wildman–Crippen LogP) is 6.92. The molecule has 4 rings (SSSR count). The van der Waals surface area contributed by atoms with Crippen molar-refractivity contribution in [2.24, 2.45) is 0 Å².